The number of hydrogen-bond donors (Lipinski definition) is 2. The van der Waals surface area contributed by atoms with E-state index in [0.717, 1.165) is 31.4 Å². The van der Waals surface area contributed by atoms with Crippen LogP contribution in [0.25, 0.3) is 0 Å². The lowest BCUT2D eigenvalue weighted by Crippen LogP contribution is -2.55. The van der Waals surface area contributed by atoms with Gasteiger partial charge in [-0.3, -0.25) is 0 Å². The second-order valence-corrected chi connectivity index (χ2v) is 5.70. The van der Waals surface area contributed by atoms with E-state index >= 15 is 0 Å². The Morgan fingerprint density at radius 1 is 1.20 bits per heavy atom. The number of nitrogens with zero attached hydrogens (tertiary/aromatic N) is 1. The highest BCUT2D eigenvalue weighted by atomic mass is 16.2. The molecule has 1 aromatic rings. The standard InChI is InChI=1S/C16H25N3O/c1-19(15(20)18-14-9-5-4-6-10-14)16(13-17)11-7-2-3-8-12-16/h4-6,9-10H,2-3,7-8,11-13,17H2,1H3,(H,18,20). The molecule has 4 nitrogen and oxygen atoms in total. The predicted octanol–water partition coefficient (Wildman–Crippen LogP) is 3.20. The number of carbonyl (C=O) groups is 1. The Hall–Kier alpha value is -1.55. The Morgan fingerprint density at radius 3 is 2.35 bits per heavy atom. The van der Waals surface area contributed by atoms with E-state index in [9.17, 15) is 4.79 Å². The van der Waals surface area contributed by atoms with Gasteiger partial charge in [-0.15, -0.1) is 0 Å². The topological polar surface area (TPSA) is 58.4 Å². The third-order valence-electron chi connectivity index (χ3n) is 4.46. The summed E-state index contributed by atoms with van der Waals surface area (Å²) in [6.07, 6.45) is 6.80. The molecule has 0 saturated heterocycles. The quantitative estimate of drug-likeness (QED) is 0.832. The van der Waals surface area contributed by atoms with Crippen LogP contribution >= 0.6 is 0 Å². The number of para-hydroxylation sites is 1. The minimum absolute atomic E-state index is 0.0662. The molecule has 1 fully saturated rings. The summed E-state index contributed by atoms with van der Waals surface area (Å²) >= 11 is 0. The Bertz CT molecular complexity index is 425. The molecule has 1 aliphatic carbocycles. The van der Waals surface area contributed by atoms with Crippen molar-refractivity contribution < 1.29 is 4.79 Å². The smallest absolute Gasteiger partial charge is 0.322 e. The largest absolute Gasteiger partial charge is 0.328 e. The van der Waals surface area contributed by atoms with Gasteiger partial charge < -0.3 is 16.0 Å². The number of likely N-dealkylation sites (N-methyl/N-ethyl adjacent to an activating group) is 1. The van der Waals surface area contributed by atoms with E-state index in [-0.39, 0.29) is 11.6 Å². The Kier molecular flexibility index (Phi) is 5.01. The number of nitrogens with one attached hydrogen (secondary N) is 1. The van der Waals surface area contributed by atoms with Gasteiger partial charge >= 0.3 is 6.03 Å². The lowest BCUT2D eigenvalue weighted by atomic mass is 9.89. The average Bonchev–Trinajstić information content (AvgIpc) is 2.74. The summed E-state index contributed by atoms with van der Waals surface area (Å²) in [6.45, 7) is 0.533. The van der Waals surface area contributed by atoms with Crippen molar-refractivity contribution in [1.29, 1.82) is 0 Å². The van der Waals surface area contributed by atoms with Gasteiger partial charge in [0.15, 0.2) is 0 Å². The Morgan fingerprint density at radius 2 is 1.80 bits per heavy atom. The molecule has 2 rings (SSSR count). The third kappa shape index (κ3) is 3.31. The van der Waals surface area contributed by atoms with Gasteiger partial charge in [0.25, 0.3) is 0 Å². The molecule has 0 heterocycles. The molecule has 0 aliphatic heterocycles. The number of amides is 2. The number of hydrogen-bond acceptors (Lipinski definition) is 2. The molecule has 2 amide bonds. The molecule has 0 radical (unpaired) electrons. The van der Waals surface area contributed by atoms with Crippen molar-refractivity contribution in [2.45, 2.75) is 44.1 Å². The highest BCUT2D eigenvalue weighted by Gasteiger charge is 2.36. The van der Waals surface area contributed by atoms with E-state index < -0.39 is 0 Å². The van der Waals surface area contributed by atoms with Gasteiger partial charge in [-0.2, -0.15) is 0 Å². The number of carbonyl (C=O) groups excluding carboxylic acids is 1. The summed E-state index contributed by atoms with van der Waals surface area (Å²) in [6, 6.07) is 9.50. The highest BCUT2D eigenvalue weighted by molar-refractivity contribution is 5.89. The van der Waals surface area contributed by atoms with Gasteiger partial charge in [0.05, 0.1) is 5.54 Å². The summed E-state index contributed by atoms with van der Waals surface area (Å²) in [5.41, 5.74) is 6.66. The van der Waals surface area contributed by atoms with E-state index in [1.54, 1.807) is 0 Å². The van der Waals surface area contributed by atoms with Crippen molar-refractivity contribution >= 4 is 11.7 Å². The van der Waals surface area contributed by atoms with Crippen LogP contribution in [0.2, 0.25) is 0 Å². The van der Waals surface area contributed by atoms with Crippen molar-refractivity contribution in [3.05, 3.63) is 30.3 Å². The van der Waals surface area contributed by atoms with E-state index in [2.05, 4.69) is 5.32 Å². The summed E-state index contributed by atoms with van der Waals surface area (Å²) in [4.78, 5) is 14.3. The Balaban J connectivity index is 2.07. The number of nitrogens with two attached hydrogens (primary N) is 1. The molecule has 0 unspecified atom stereocenters. The lowest BCUT2D eigenvalue weighted by molar-refractivity contribution is 0.134. The van der Waals surface area contributed by atoms with Crippen molar-refractivity contribution in [2.75, 3.05) is 18.9 Å². The zero-order chi connectivity index (χ0) is 14.4. The maximum atomic E-state index is 12.4. The molecule has 3 N–H and O–H groups in total. The maximum Gasteiger partial charge on any atom is 0.322 e. The van der Waals surface area contributed by atoms with Crippen LogP contribution < -0.4 is 11.1 Å². The number of anilines is 1. The summed E-state index contributed by atoms with van der Waals surface area (Å²) in [7, 11) is 1.87. The molecule has 20 heavy (non-hydrogen) atoms. The van der Waals surface area contributed by atoms with Gasteiger partial charge in [0, 0.05) is 19.3 Å². The average molecular weight is 275 g/mol. The van der Waals surface area contributed by atoms with Gasteiger partial charge in [0.2, 0.25) is 0 Å². The fraction of sp³-hybridized carbons (Fsp3) is 0.562. The number of rotatable bonds is 3. The molecular formula is C16H25N3O. The lowest BCUT2D eigenvalue weighted by Gasteiger charge is -2.40. The number of urea groups is 1. The first-order valence-electron chi connectivity index (χ1n) is 7.48. The van der Waals surface area contributed by atoms with E-state index in [1.807, 2.05) is 42.3 Å². The zero-order valence-corrected chi connectivity index (χ0v) is 12.3. The minimum atomic E-state index is -0.185. The first kappa shape index (κ1) is 14.9. The minimum Gasteiger partial charge on any atom is -0.328 e. The van der Waals surface area contributed by atoms with Gasteiger partial charge in [-0.05, 0) is 25.0 Å². The molecular weight excluding hydrogens is 250 g/mol. The van der Waals surface area contributed by atoms with E-state index in [1.165, 1.54) is 12.8 Å². The molecule has 0 aromatic heterocycles. The fourth-order valence-electron chi connectivity index (χ4n) is 3.01. The third-order valence-corrected chi connectivity index (χ3v) is 4.46. The van der Waals surface area contributed by atoms with Crippen molar-refractivity contribution in [1.82, 2.24) is 4.90 Å². The second-order valence-electron chi connectivity index (χ2n) is 5.70. The van der Waals surface area contributed by atoms with Crippen LogP contribution in [0.3, 0.4) is 0 Å². The summed E-state index contributed by atoms with van der Waals surface area (Å²) in [5, 5.41) is 2.95. The number of benzene rings is 1. The monoisotopic (exact) mass is 275 g/mol. The van der Waals surface area contributed by atoms with Crippen LogP contribution in [0, 0.1) is 0 Å². The fourth-order valence-corrected chi connectivity index (χ4v) is 3.01. The first-order chi connectivity index (χ1) is 9.68. The summed E-state index contributed by atoms with van der Waals surface area (Å²) < 4.78 is 0. The van der Waals surface area contributed by atoms with Crippen LogP contribution in [0.1, 0.15) is 38.5 Å². The highest BCUT2D eigenvalue weighted by Crippen LogP contribution is 2.31. The van der Waals surface area contributed by atoms with E-state index in [0.29, 0.717) is 6.54 Å². The molecule has 0 atom stereocenters. The molecule has 0 spiro atoms. The van der Waals surface area contributed by atoms with Gasteiger partial charge in [-0.1, -0.05) is 43.9 Å². The molecule has 4 heteroatoms. The van der Waals surface area contributed by atoms with Crippen molar-refractivity contribution in [2.24, 2.45) is 5.73 Å². The zero-order valence-electron chi connectivity index (χ0n) is 12.3. The normalized spacial score (nSPS) is 18.1. The first-order valence-corrected chi connectivity index (χ1v) is 7.48. The van der Waals surface area contributed by atoms with E-state index in [4.69, 9.17) is 5.73 Å². The molecule has 1 aromatic carbocycles. The second kappa shape index (κ2) is 6.75. The van der Waals surface area contributed by atoms with Crippen LogP contribution in [0.4, 0.5) is 10.5 Å². The molecule has 1 aliphatic rings. The van der Waals surface area contributed by atoms with Gasteiger partial charge in [-0.25, -0.2) is 4.79 Å². The maximum absolute atomic E-state index is 12.4. The SMILES string of the molecule is CN(C(=O)Nc1ccccc1)C1(CN)CCCCCC1. The predicted molar refractivity (Wildman–Crippen MR) is 82.7 cm³/mol. The molecule has 110 valence electrons. The van der Waals surface area contributed by atoms with Crippen LogP contribution in [-0.4, -0.2) is 30.1 Å². The molecule has 1 saturated carbocycles. The van der Waals surface area contributed by atoms with Gasteiger partial charge in [0.1, 0.15) is 0 Å². The Labute approximate surface area is 121 Å². The molecule has 0 bridgehead atoms. The van der Waals surface area contributed by atoms with Crippen LogP contribution in [0.5, 0.6) is 0 Å². The van der Waals surface area contributed by atoms with Crippen LogP contribution in [-0.2, 0) is 0 Å². The summed E-state index contributed by atoms with van der Waals surface area (Å²) in [5.74, 6) is 0. The van der Waals surface area contributed by atoms with Crippen LogP contribution in [0.15, 0.2) is 30.3 Å². The van der Waals surface area contributed by atoms with Crippen molar-refractivity contribution in [3.63, 3.8) is 0 Å². The van der Waals surface area contributed by atoms with Crippen molar-refractivity contribution in [3.8, 4) is 0 Å².